The zero-order valence-corrected chi connectivity index (χ0v) is 16.5. The molecule has 0 aromatic heterocycles. The van der Waals surface area contributed by atoms with Gasteiger partial charge >= 0.3 is 5.97 Å². The van der Waals surface area contributed by atoms with Crippen LogP contribution in [0.1, 0.15) is 30.6 Å². The van der Waals surface area contributed by atoms with E-state index in [9.17, 15) is 19.7 Å². The normalized spacial score (nSPS) is 19.3. The first-order valence-corrected chi connectivity index (χ1v) is 9.26. The van der Waals surface area contributed by atoms with Crippen molar-refractivity contribution in [2.75, 3.05) is 44.8 Å². The lowest BCUT2D eigenvalue weighted by Gasteiger charge is -2.36. The number of carboxylic acid groups (broad SMARTS) is 1. The molecule has 1 saturated heterocycles. The van der Waals surface area contributed by atoms with Crippen molar-refractivity contribution in [3.05, 3.63) is 33.9 Å². The number of carbonyl (C=O) groups is 2. The number of nitro benzene ring substituents is 1. The van der Waals surface area contributed by atoms with Gasteiger partial charge in [0.2, 0.25) is 0 Å². The Bertz CT molecular complexity index is 728. The Morgan fingerprint density at radius 1 is 1.32 bits per heavy atom. The lowest BCUT2D eigenvalue weighted by molar-refractivity contribution is -0.384. The van der Waals surface area contributed by atoms with Gasteiger partial charge in [0.15, 0.2) is 0 Å². The van der Waals surface area contributed by atoms with Gasteiger partial charge < -0.3 is 19.6 Å². The molecule has 0 radical (unpaired) electrons. The maximum absolute atomic E-state index is 12.7. The molecule has 2 atom stereocenters. The van der Waals surface area contributed by atoms with Gasteiger partial charge in [0.05, 0.1) is 11.5 Å². The summed E-state index contributed by atoms with van der Waals surface area (Å²) in [4.78, 5) is 38.0. The lowest BCUT2D eigenvalue weighted by Crippen LogP contribution is -2.39. The second-order valence-electron chi connectivity index (χ2n) is 7.42. The van der Waals surface area contributed by atoms with Crippen molar-refractivity contribution in [3.63, 3.8) is 0 Å². The Labute approximate surface area is 164 Å². The molecule has 28 heavy (non-hydrogen) atoms. The van der Waals surface area contributed by atoms with Gasteiger partial charge in [-0.3, -0.25) is 19.7 Å². The average molecular weight is 393 g/mol. The Hall–Kier alpha value is -2.68. The molecule has 2 unspecified atom stereocenters. The van der Waals surface area contributed by atoms with Gasteiger partial charge in [-0.25, -0.2) is 0 Å². The first kappa shape index (κ1) is 21.6. The number of carboxylic acids is 1. The van der Waals surface area contributed by atoms with E-state index in [-0.39, 0.29) is 24.4 Å². The van der Waals surface area contributed by atoms with Crippen LogP contribution in [-0.4, -0.2) is 66.7 Å². The molecule has 0 spiro atoms. The highest BCUT2D eigenvalue weighted by molar-refractivity contribution is 5.97. The molecule has 9 nitrogen and oxygen atoms in total. The molecule has 1 aromatic carbocycles. The minimum atomic E-state index is -1.16. The third-order valence-electron chi connectivity index (χ3n) is 4.81. The number of hydrogen-bond donors (Lipinski definition) is 1. The number of anilines is 1. The van der Waals surface area contributed by atoms with Gasteiger partial charge in [-0.15, -0.1) is 0 Å². The predicted octanol–water partition coefficient (Wildman–Crippen LogP) is 2.25. The summed E-state index contributed by atoms with van der Waals surface area (Å²) < 4.78 is 4.92. The number of nitro groups is 1. The molecule has 2 rings (SSSR count). The van der Waals surface area contributed by atoms with Crippen LogP contribution in [0.4, 0.5) is 11.4 Å². The molecule has 1 N–H and O–H groups in total. The second kappa shape index (κ2) is 9.50. The van der Waals surface area contributed by atoms with E-state index in [4.69, 9.17) is 9.84 Å². The predicted molar refractivity (Wildman–Crippen MR) is 104 cm³/mol. The van der Waals surface area contributed by atoms with Crippen molar-refractivity contribution < 1.29 is 24.4 Å². The summed E-state index contributed by atoms with van der Waals surface area (Å²) in [7, 11) is 1.45. The van der Waals surface area contributed by atoms with Crippen molar-refractivity contribution in [2.24, 2.45) is 11.8 Å². The quantitative estimate of drug-likeness (QED) is 0.532. The zero-order valence-electron chi connectivity index (χ0n) is 16.5. The largest absolute Gasteiger partial charge is 0.480 e. The Kier molecular flexibility index (Phi) is 7.33. The summed E-state index contributed by atoms with van der Waals surface area (Å²) in [5.41, 5.74) is 0.432. The molecule has 0 aliphatic carbocycles. The maximum atomic E-state index is 12.7. The van der Waals surface area contributed by atoms with Gasteiger partial charge in [0, 0.05) is 38.4 Å². The Morgan fingerprint density at radius 3 is 2.50 bits per heavy atom. The van der Waals surface area contributed by atoms with E-state index in [1.165, 1.54) is 19.2 Å². The van der Waals surface area contributed by atoms with Crippen LogP contribution in [0.15, 0.2) is 18.2 Å². The van der Waals surface area contributed by atoms with Crippen molar-refractivity contribution in [2.45, 2.75) is 20.3 Å². The number of hydrogen-bond acceptors (Lipinski definition) is 6. The average Bonchev–Trinajstić information content (AvgIpc) is 2.62. The van der Waals surface area contributed by atoms with Gasteiger partial charge in [-0.1, -0.05) is 13.8 Å². The van der Waals surface area contributed by atoms with E-state index in [1.807, 2.05) is 4.90 Å². The highest BCUT2D eigenvalue weighted by Gasteiger charge is 2.29. The number of aliphatic carboxylic acids is 1. The molecule has 154 valence electrons. The van der Waals surface area contributed by atoms with Crippen LogP contribution in [0, 0.1) is 22.0 Å². The van der Waals surface area contributed by atoms with Crippen LogP contribution in [0.25, 0.3) is 0 Å². The van der Waals surface area contributed by atoms with E-state index in [2.05, 4.69) is 13.8 Å². The number of benzene rings is 1. The van der Waals surface area contributed by atoms with Crippen LogP contribution >= 0.6 is 0 Å². The van der Waals surface area contributed by atoms with Crippen molar-refractivity contribution in [1.29, 1.82) is 0 Å². The molecule has 1 heterocycles. The molecule has 1 aliphatic rings. The molecule has 9 heteroatoms. The SMILES string of the molecule is COCCN(CC(=O)O)C(=O)c1ccc(N2CC(C)CC(C)C2)c([N+](=O)[O-])c1. The smallest absolute Gasteiger partial charge is 0.323 e. The Morgan fingerprint density at radius 2 is 1.96 bits per heavy atom. The number of piperidine rings is 1. The number of methoxy groups -OCH3 is 1. The van der Waals surface area contributed by atoms with Crippen molar-refractivity contribution in [1.82, 2.24) is 4.90 Å². The third kappa shape index (κ3) is 5.41. The molecule has 1 fully saturated rings. The van der Waals surface area contributed by atoms with Crippen LogP contribution in [0.5, 0.6) is 0 Å². The minimum absolute atomic E-state index is 0.0817. The fourth-order valence-corrected chi connectivity index (χ4v) is 3.73. The topological polar surface area (TPSA) is 113 Å². The van der Waals surface area contributed by atoms with Gasteiger partial charge in [0.1, 0.15) is 12.2 Å². The molecular formula is C19H27N3O6. The summed E-state index contributed by atoms with van der Waals surface area (Å²) in [6.07, 6.45) is 1.07. The zero-order chi connectivity index (χ0) is 20.8. The molecular weight excluding hydrogens is 366 g/mol. The fraction of sp³-hybridized carbons (Fsp3) is 0.579. The third-order valence-corrected chi connectivity index (χ3v) is 4.81. The summed E-state index contributed by atoms with van der Waals surface area (Å²) in [6.45, 7) is 5.42. The minimum Gasteiger partial charge on any atom is -0.480 e. The monoisotopic (exact) mass is 393 g/mol. The maximum Gasteiger partial charge on any atom is 0.323 e. The van der Waals surface area contributed by atoms with Crippen LogP contribution in [0.2, 0.25) is 0 Å². The van der Waals surface area contributed by atoms with Crippen LogP contribution in [0.3, 0.4) is 0 Å². The second-order valence-corrected chi connectivity index (χ2v) is 7.42. The van der Waals surface area contributed by atoms with Crippen molar-refractivity contribution in [3.8, 4) is 0 Å². The Balaban J connectivity index is 2.33. The molecule has 1 aromatic rings. The van der Waals surface area contributed by atoms with Gasteiger partial charge in [0.25, 0.3) is 11.6 Å². The highest BCUT2D eigenvalue weighted by atomic mass is 16.6. The number of carbonyl (C=O) groups excluding carboxylic acids is 1. The fourth-order valence-electron chi connectivity index (χ4n) is 3.73. The standard InChI is InChI=1S/C19H27N3O6/c1-13-8-14(2)11-21(10-13)16-5-4-15(9-17(16)22(26)27)19(25)20(6-7-28-3)12-18(23)24/h4-5,9,13-14H,6-8,10-12H2,1-3H3,(H,23,24). The number of nitrogens with zero attached hydrogens (tertiary/aromatic N) is 3. The van der Waals surface area contributed by atoms with Gasteiger partial charge in [-0.2, -0.15) is 0 Å². The number of ether oxygens (including phenoxy) is 1. The highest BCUT2D eigenvalue weighted by Crippen LogP contribution is 2.34. The molecule has 1 aliphatic heterocycles. The van der Waals surface area contributed by atoms with Crippen LogP contribution < -0.4 is 4.90 Å². The lowest BCUT2D eigenvalue weighted by atomic mass is 9.91. The first-order chi connectivity index (χ1) is 13.2. The molecule has 0 saturated carbocycles. The number of rotatable bonds is 8. The number of amides is 1. The van der Waals surface area contributed by atoms with Crippen LogP contribution in [-0.2, 0) is 9.53 Å². The first-order valence-electron chi connectivity index (χ1n) is 9.26. The van der Waals surface area contributed by atoms with Crippen molar-refractivity contribution >= 4 is 23.3 Å². The van der Waals surface area contributed by atoms with E-state index in [1.54, 1.807) is 6.07 Å². The van der Waals surface area contributed by atoms with E-state index in [0.29, 0.717) is 17.5 Å². The van der Waals surface area contributed by atoms with E-state index < -0.39 is 23.3 Å². The molecule has 0 bridgehead atoms. The van der Waals surface area contributed by atoms with E-state index >= 15 is 0 Å². The summed E-state index contributed by atoms with van der Waals surface area (Å²) in [6, 6.07) is 4.35. The van der Waals surface area contributed by atoms with E-state index in [0.717, 1.165) is 24.4 Å². The summed E-state index contributed by atoms with van der Waals surface area (Å²) in [5.74, 6) is -0.893. The summed E-state index contributed by atoms with van der Waals surface area (Å²) >= 11 is 0. The molecule has 1 amide bonds. The summed E-state index contributed by atoms with van der Waals surface area (Å²) in [5, 5.41) is 20.7. The van der Waals surface area contributed by atoms with Gasteiger partial charge in [-0.05, 0) is 30.4 Å².